The molecule has 0 atom stereocenters. The van der Waals surface area contributed by atoms with Crippen molar-refractivity contribution in [2.24, 2.45) is 0 Å². The highest BCUT2D eigenvalue weighted by molar-refractivity contribution is 6.00. The molecule has 43 heavy (non-hydrogen) atoms. The molecular formula is C33H36N6O4. The van der Waals surface area contributed by atoms with E-state index in [0.717, 1.165) is 36.5 Å². The Hall–Kier alpha value is -4.88. The summed E-state index contributed by atoms with van der Waals surface area (Å²) in [6.07, 6.45) is 0.912. The second kappa shape index (κ2) is 13.9. The minimum absolute atomic E-state index is 0.0613. The monoisotopic (exact) mass is 580 g/mol. The zero-order chi connectivity index (χ0) is 30.2. The van der Waals surface area contributed by atoms with Gasteiger partial charge in [0.05, 0.1) is 36.5 Å². The van der Waals surface area contributed by atoms with Crippen LogP contribution in [0.1, 0.15) is 38.3 Å². The van der Waals surface area contributed by atoms with Gasteiger partial charge in [0.25, 0.3) is 11.8 Å². The first kappa shape index (κ1) is 29.6. The van der Waals surface area contributed by atoms with Crippen LogP contribution in [0, 0.1) is 11.3 Å². The largest absolute Gasteiger partial charge is 0.497 e. The van der Waals surface area contributed by atoms with Gasteiger partial charge in [-0.05, 0) is 66.6 Å². The number of amides is 3. The number of piperazine rings is 1. The van der Waals surface area contributed by atoms with Gasteiger partial charge in [0.15, 0.2) is 0 Å². The molecular weight excluding hydrogens is 544 g/mol. The quantitative estimate of drug-likeness (QED) is 0.441. The van der Waals surface area contributed by atoms with Gasteiger partial charge in [-0.2, -0.15) is 5.26 Å². The molecule has 10 nitrogen and oxygen atoms in total. The van der Waals surface area contributed by atoms with E-state index < -0.39 is 0 Å². The first-order valence-corrected chi connectivity index (χ1v) is 14.6. The number of nitriles is 1. The molecule has 0 unspecified atom stereocenters. The maximum absolute atomic E-state index is 13.3. The third-order valence-electron chi connectivity index (χ3n) is 7.83. The standard InChI is InChI=1S/C33H36N6O4/c1-43-28-10-5-24(6-11-28)21-31(40)36-29-22-27(33(42)39-17-13-35-14-18-39)9-12-30(29)37-15-2-16-38(20-19-37)32(41)26-7-3-25(23-34)4-8-26/h3-12,22,35H,2,13-21H2,1H3,(H,36,40). The average molecular weight is 581 g/mol. The smallest absolute Gasteiger partial charge is 0.254 e. The molecule has 0 saturated carbocycles. The van der Waals surface area contributed by atoms with Crippen LogP contribution in [0.25, 0.3) is 0 Å². The number of hydrogen-bond acceptors (Lipinski definition) is 7. The molecule has 2 N–H and O–H groups in total. The van der Waals surface area contributed by atoms with Crippen LogP contribution in [-0.4, -0.2) is 87.0 Å². The van der Waals surface area contributed by atoms with Gasteiger partial charge >= 0.3 is 0 Å². The Morgan fingerprint density at radius 1 is 0.837 bits per heavy atom. The molecule has 3 aromatic carbocycles. The second-order valence-corrected chi connectivity index (χ2v) is 10.7. The van der Waals surface area contributed by atoms with Crippen LogP contribution in [0.5, 0.6) is 5.75 Å². The predicted octanol–water partition coefficient (Wildman–Crippen LogP) is 3.15. The number of nitrogens with one attached hydrogen (secondary N) is 2. The number of hydrogen-bond donors (Lipinski definition) is 2. The molecule has 0 bridgehead atoms. The first-order chi connectivity index (χ1) is 20.9. The molecule has 3 amide bonds. The highest BCUT2D eigenvalue weighted by Gasteiger charge is 2.24. The number of carbonyl (C=O) groups is 3. The van der Waals surface area contributed by atoms with Crippen molar-refractivity contribution in [1.82, 2.24) is 15.1 Å². The summed E-state index contributed by atoms with van der Waals surface area (Å²) in [4.78, 5) is 45.6. The van der Waals surface area contributed by atoms with E-state index in [4.69, 9.17) is 10.00 Å². The topological polar surface area (TPSA) is 118 Å². The van der Waals surface area contributed by atoms with E-state index in [1.165, 1.54) is 0 Å². The lowest BCUT2D eigenvalue weighted by atomic mass is 10.1. The molecule has 5 rings (SSSR count). The minimum atomic E-state index is -0.189. The number of carbonyl (C=O) groups excluding carboxylic acids is 3. The van der Waals surface area contributed by atoms with Crippen molar-refractivity contribution in [2.75, 3.05) is 69.7 Å². The fraction of sp³-hybridized carbons (Fsp3) is 0.333. The van der Waals surface area contributed by atoms with Crippen molar-refractivity contribution < 1.29 is 19.1 Å². The number of methoxy groups -OCH3 is 1. The molecule has 0 aromatic heterocycles. The average Bonchev–Trinajstić information content (AvgIpc) is 3.31. The van der Waals surface area contributed by atoms with Crippen molar-refractivity contribution in [1.29, 1.82) is 5.26 Å². The summed E-state index contributed by atoms with van der Waals surface area (Å²) in [5.41, 5.74) is 3.82. The van der Waals surface area contributed by atoms with Crippen molar-refractivity contribution >= 4 is 29.1 Å². The number of benzene rings is 3. The van der Waals surface area contributed by atoms with Crippen LogP contribution in [0.15, 0.2) is 66.7 Å². The summed E-state index contributed by atoms with van der Waals surface area (Å²) in [5, 5.41) is 15.4. The van der Waals surface area contributed by atoms with Crippen molar-refractivity contribution in [2.45, 2.75) is 12.8 Å². The fourth-order valence-corrected chi connectivity index (χ4v) is 5.45. The van der Waals surface area contributed by atoms with E-state index in [2.05, 4.69) is 21.6 Å². The third-order valence-corrected chi connectivity index (χ3v) is 7.83. The predicted molar refractivity (Wildman–Crippen MR) is 164 cm³/mol. The second-order valence-electron chi connectivity index (χ2n) is 10.7. The van der Waals surface area contributed by atoms with E-state index in [1.54, 1.807) is 37.4 Å². The maximum atomic E-state index is 13.3. The lowest BCUT2D eigenvalue weighted by Crippen LogP contribution is -2.46. The molecule has 2 aliphatic rings. The number of anilines is 2. The molecule has 2 heterocycles. The zero-order valence-electron chi connectivity index (χ0n) is 24.3. The van der Waals surface area contributed by atoms with Gasteiger partial charge in [0.1, 0.15) is 5.75 Å². The summed E-state index contributed by atoms with van der Waals surface area (Å²) in [6.45, 7) is 5.11. The van der Waals surface area contributed by atoms with E-state index in [1.807, 2.05) is 46.2 Å². The molecule has 0 spiro atoms. The van der Waals surface area contributed by atoms with Crippen LogP contribution in [0.4, 0.5) is 11.4 Å². The highest BCUT2D eigenvalue weighted by atomic mass is 16.5. The summed E-state index contributed by atoms with van der Waals surface area (Å²) in [7, 11) is 1.60. The maximum Gasteiger partial charge on any atom is 0.254 e. The van der Waals surface area contributed by atoms with E-state index in [9.17, 15) is 14.4 Å². The van der Waals surface area contributed by atoms with Gasteiger partial charge < -0.3 is 30.1 Å². The van der Waals surface area contributed by atoms with Crippen LogP contribution < -0.4 is 20.3 Å². The van der Waals surface area contributed by atoms with Gasteiger partial charge in [0.2, 0.25) is 5.91 Å². The summed E-state index contributed by atoms with van der Waals surface area (Å²) in [6, 6.07) is 21.6. The summed E-state index contributed by atoms with van der Waals surface area (Å²) < 4.78 is 5.22. The molecule has 2 saturated heterocycles. The van der Waals surface area contributed by atoms with Gasteiger partial charge in [-0.15, -0.1) is 0 Å². The van der Waals surface area contributed by atoms with Gasteiger partial charge in [-0.1, -0.05) is 12.1 Å². The van der Waals surface area contributed by atoms with Gasteiger partial charge in [-0.3, -0.25) is 14.4 Å². The van der Waals surface area contributed by atoms with Crippen molar-refractivity contribution in [3.05, 3.63) is 89.0 Å². The molecule has 2 fully saturated rings. The normalized spacial score (nSPS) is 15.3. The van der Waals surface area contributed by atoms with Crippen molar-refractivity contribution in [3.63, 3.8) is 0 Å². The number of ether oxygens (including phenoxy) is 1. The van der Waals surface area contributed by atoms with Gasteiger partial charge in [0, 0.05) is 63.5 Å². The highest BCUT2D eigenvalue weighted by Crippen LogP contribution is 2.30. The summed E-state index contributed by atoms with van der Waals surface area (Å²) in [5.74, 6) is 0.397. The number of nitrogens with zero attached hydrogens (tertiary/aromatic N) is 4. The Morgan fingerprint density at radius 2 is 1.51 bits per heavy atom. The first-order valence-electron chi connectivity index (χ1n) is 14.6. The minimum Gasteiger partial charge on any atom is -0.497 e. The molecule has 3 aromatic rings. The van der Waals surface area contributed by atoms with Crippen molar-refractivity contribution in [3.8, 4) is 11.8 Å². The lowest BCUT2D eigenvalue weighted by Gasteiger charge is -2.29. The third kappa shape index (κ3) is 7.31. The zero-order valence-corrected chi connectivity index (χ0v) is 24.3. The van der Waals surface area contributed by atoms with Crippen LogP contribution in [0.3, 0.4) is 0 Å². The Morgan fingerprint density at radius 3 is 2.21 bits per heavy atom. The van der Waals surface area contributed by atoms with Crippen LogP contribution in [-0.2, 0) is 11.2 Å². The molecule has 10 heteroatoms. The fourth-order valence-electron chi connectivity index (χ4n) is 5.45. The Labute approximate surface area is 251 Å². The van der Waals surface area contributed by atoms with E-state index in [0.29, 0.717) is 61.6 Å². The van der Waals surface area contributed by atoms with Crippen LogP contribution >= 0.6 is 0 Å². The summed E-state index contributed by atoms with van der Waals surface area (Å²) >= 11 is 0. The Balaban J connectivity index is 1.35. The van der Waals surface area contributed by atoms with Crippen LogP contribution in [0.2, 0.25) is 0 Å². The molecule has 0 radical (unpaired) electrons. The van der Waals surface area contributed by atoms with E-state index >= 15 is 0 Å². The molecule has 0 aliphatic carbocycles. The van der Waals surface area contributed by atoms with Gasteiger partial charge in [-0.25, -0.2) is 0 Å². The lowest BCUT2D eigenvalue weighted by molar-refractivity contribution is -0.115. The Kier molecular flexibility index (Phi) is 9.54. The SMILES string of the molecule is COc1ccc(CC(=O)Nc2cc(C(=O)N3CCNCC3)ccc2N2CCCN(C(=O)c3ccc(C#N)cc3)CC2)cc1. The molecule has 222 valence electrons. The van der Waals surface area contributed by atoms with E-state index in [-0.39, 0.29) is 24.1 Å². The Bertz CT molecular complexity index is 1490. The molecule has 2 aliphatic heterocycles. The number of rotatable bonds is 7.